The lowest BCUT2D eigenvalue weighted by atomic mass is 9.94. The molecule has 0 bridgehead atoms. The predicted octanol–water partition coefficient (Wildman–Crippen LogP) is 3.09. The van der Waals surface area contributed by atoms with Crippen molar-refractivity contribution in [2.24, 2.45) is 17.6 Å². The molecule has 0 radical (unpaired) electrons. The molecule has 2 aromatic carbocycles. The molecule has 1 heterocycles. The van der Waals surface area contributed by atoms with Crippen LogP contribution in [0.2, 0.25) is 0 Å². The van der Waals surface area contributed by atoms with E-state index in [9.17, 15) is 18.0 Å². The Morgan fingerprint density at radius 1 is 1.03 bits per heavy atom. The summed E-state index contributed by atoms with van der Waals surface area (Å²) in [5, 5.41) is 5.33. The quantitative estimate of drug-likeness (QED) is 0.590. The van der Waals surface area contributed by atoms with Crippen molar-refractivity contribution < 1.29 is 18.0 Å². The Hall–Kier alpha value is -2.91. The van der Waals surface area contributed by atoms with Gasteiger partial charge in [-0.05, 0) is 48.1 Å². The van der Waals surface area contributed by atoms with Crippen LogP contribution in [-0.4, -0.2) is 37.8 Å². The van der Waals surface area contributed by atoms with Gasteiger partial charge in [-0.1, -0.05) is 44.2 Å². The highest BCUT2D eigenvalue weighted by Crippen LogP contribution is 2.27. The lowest BCUT2D eigenvalue weighted by molar-refractivity contribution is -0.116. The maximum absolute atomic E-state index is 13.0. The highest BCUT2D eigenvalue weighted by molar-refractivity contribution is 7.89. The maximum Gasteiger partial charge on any atom is 0.312 e. The Kier molecular flexibility index (Phi) is 7.52. The molecule has 0 aromatic heterocycles. The van der Waals surface area contributed by atoms with Crippen molar-refractivity contribution in [3.63, 3.8) is 0 Å². The van der Waals surface area contributed by atoms with E-state index in [0.717, 1.165) is 12.0 Å². The second-order valence-electron chi connectivity index (χ2n) is 8.52. The number of nitrogens with two attached hydrogens (primary N) is 1. The summed E-state index contributed by atoms with van der Waals surface area (Å²) in [5.41, 5.74) is 6.48. The average Bonchev–Trinajstić information content (AvgIpc) is 2.73. The second-order valence-corrected chi connectivity index (χ2v) is 10.5. The molecule has 9 heteroatoms. The first-order valence-electron chi connectivity index (χ1n) is 10.7. The zero-order valence-electron chi connectivity index (χ0n) is 18.3. The number of nitrogens with zero attached hydrogens (tertiary/aromatic N) is 1. The van der Waals surface area contributed by atoms with Crippen LogP contribution in [-0.2, 0) is 14.8 Å². The standard InChI is InChI=1S/C23H30N4O4S/c1-16-12-17(2)15-27(14-16)32(30,31)20-10-8-19(9-11-20)25-22(28)13-21(26-23(24)29)18-6-4-3-5-7-18/h3-11,16-17,21H,12-15H2,1-2H3,(H,25,28)(H3,24,26,29)/t16-,17+,21-/m1/s1. The smallest absolute Gasteiger partial charge is 0.312 e. The number of carbonyl (C=O) groups is 2. The van der Waals surface area contributed by atoms with Crippen molar-refractivity contribution in [1.29, 1.82) is 0 Å². The number of benzene rings is 2. The molecule has 1 aliphatic heterocycles. The Balaban J connectivity index is 1.67. The van der Waals surface area contributed by atoms with Crippen LogP contribution in [0.3, 0.4) is 0 Å². The molecule has 1 saturated heterocycles. The number of rotatable bonds is 7. The monoisotopic (exact) mass is 458 g/mol. The average molecular weight is 459 g/mol. The minimum absolute atomic E-state index is 0.0173. The largest absolute Gasteiger partial charge is 0.352 e. The molecule has 1 aliphatic rings. The van der Waals surface area contributed by atoms with Crippen LogP contribution in [0.5, 0.6) is 0 Å². The van der Waals surface area contributed by atoms with Crippen molar-refractivity contribution in [2.45, 2.75) is 37.6 Å². The number of carbonyl (C=O) groups excluding carboxylic acids is 2. The predicted molar refractivity (Wildman–Crippen MR) is 123 cm³/mol. The fourth-order valence-corrected chi connectivity index (χ4v) is 5.85. The summed E-state index contributed by atoms with van der Waals surface area (Å²) >= 11 is 0. The van der Waals surface area contributed by atoms with Crippen LogP contribution < -0.4 is 16.4 Å². The third-order valence-corrected chi connectivity index (χ3v) is 7.37. The van der Waals surface area contributed by atoms with E-state index in [4.69, 9.17) is 5.73 Å². The number of hydrogen-bond donors (Lipinski definition) is 3. The molecule has 4 N–H and O–H groups in total. The van der Waals surface area contributed by atoms with E-state index < -0.39 is 22.1 Å². The molecule has 2 aromatic rings. The first-order chi connectivity index (χ1) is 15.1. The number of amides is 3. The van der Waals surface area contributed by atoms with E-state index in [0.29, 0.717) is 30.6 Å². The summed E-state index contributed by atoms with van der Waals surface area (Å²) in [6.45, 7) is 5.15. The van der Waals surface area contributed by atoms with Gasteiger partial charge in [0.25, 0.3) is 0 Å². The molecule has 0 spiro atoms. The zero-order chi connectivity index (χ0) is 23.3. The summed E-state index contributed by atoms with van der Waals surface area (Å²) in [4.78, 5) is 24.1. The number of hydrogen-bond acceptors (Lipinski definition) is 4. The fraction of sp³-hybridized carbons (Fsp3) is 0.391. The number of piperidine rings is 1. The summed E-state index contributed by atoms with van der Waals surface area (Å²) in [6.07, 6.45) is 1.00. The minimum Gasteiger partial charge on any atom is -0.352 e. The molecule has 32 heavy (non-hydrogen) atoms. The first-order valence-corrected chi connectivity index (χ1v) is 12.1. The van der Waals surface area contributed by atoms with Crippen LogP contribution in [0, 0.1) is 11.8 Å². The number of primary amides is 1. The van der Waals surface area contributed by atoms with Gasteiger partial charge >= 0.3 is 6.03 Å². The van der Waals surface area contributed by atoms with E-state index >= 15 is 0 Å². The molecule has 3 rings (SSSR count). The Morgan fingerprint density at radius 3 is 2.19 bits per heavy atom. The number of urea groups is 1. The molecular formula is C23H30N4O4S. The zero-order valence-corrected chi connectivity index (χ0v) is 19.1. The van der Waals surface area contributed by atoms with Gasteiger partial charge in [-0.3, -0.25) is 4.79 Å². The van der Waals surface area contributed by atoms with Gasteiger partial charge in [-0.25, -0.2) is 13.2 Å². The van der Waals surface area contributed by atoms with Crippen LogP contribution in [0.25, 0.3) is 0 Å². The number of nitrogens with one attached hydrogen (secondary N) is 2. The molecule has 8 nitrogen and oxygen atoms in total. The fourth-order valence-electron chi connectivity index (χ4n) is 4.17. The lowest BCUT2D eigenvalue weighted by Gasteiger charge is -2.34. The maximum atomic E-state index is 13.0. The third-order valence-electron chi connectivity index (χ3n) is 5.52. The van der Waals surface area contributed by atoms with Gasteiger partial charge in [0.1, 0.15) is 0 Å². The van der Waals surface area contributed by atoms with Gasteiger partial charge in [-0.2, -0.15) is 4.31 Å². The first kappa shape index (κ1) is 23.7. The van der Waals surface area contributed by atoms with E-state index in [1.165, 1.54) is 12.1 Å². The lowest BCUT2D eigenvalue weighted by Crippen LogP contribution is -2.42. The highest BCUT2D eigenvalue weighted by Gasteiger charge is 2.31. The minimum atomic E-state index is -3.58. The van der Waals surface area contributed by atoms with Crippen molar-refractivity contribution in [3.05, 3.63) is 60.2 Å². The second kappa shape index (κ2) is 10.1. The van der Waals surface area contributed by atoms with Crippen molar-refractivity contribution in [1.82, 2.24) is 9.62 Å². The summed E-state index contributed by atoms with van der Waals surface area (Å²) in [6, 6.07) is 13.9. The van der Waals surface area contributed by atoms with Gasteiger partial charge < -0.3 is 16.4 Å². The van der Waals surface area contributed by atoms with Gasteiger partial charge in [0, 0.05) is 18.8 Å². The van der Waals surface area contributed by atoms with E-state index in [1.54, 1.807) is 28.6 Å². The molecule has 0 saturated carbocycles. The van der Waals surface area contributed by atoms with Crippen LogP contribution in [0.15, 0.2) is 59.5 Å². The molecule has 3 amide bonds. The third kappa shape index (κ3) is 6.08. The number of sulfonamides is 1. The van der Waals surface area contributed by atoms with Crippen molar-refractivity contribution in [3.8, 4) is 0 Å². The van der Waals surface area contributed by atoms with Gasteiger partial charge in [0.15, 0.2) is 0 Å². The van der Waals surface area contributed by atoms with Gasteiger partial charge in [0.2, 0.25) is 15.9 Å². The Labute approximate surface area is 189 Å². The van der Waals surface area contributed by atoms with Crippen LogP contribution in [0.4, 0.5) is 10.5 Å². The normalized spacial score (nSPS) is 20.3. The van der Waals surface area contributed by atoms with Crippen molar-refractivity contribution in [2.75, 3.05) is 18.4 Å². The molecular weight excluding hydrogens is 428 g/mol. The molecule has 0 aliphatic carbocycles. The number of anilines is 1. The molecule has 172 valence electrons. The Morgan fingerprint density at radius 2 is 1.62 bits per heavy atom. The van der Waals surface area contributed by atoms with Crippen LogP contribution >= 0.6 is 0 Å². The summed E-state index contributed by atoms with van der Waals surface area (Å²) < 4.78 is 27.5. The summed E-state index contributed by atoms with van der Waals surface area (Å²) in [7, 11) is -3.58. The molecule has 0 unspecified atom stereocenters. The molecule has 3 atom stereocenters. The summed E-state index contributed by atoms with van der Waals surface area (Å²) in [5.74, 6) is 0.305. The van der Waals surface area contributed by atoms with E-state index in [1.807, 2.05) is 18.2 Å². The molecule has 1 fully saturated rings. The van der Waals surface area contributed by atoms with Gasteiger partial charge in [0.05, 0.1) is 17.4 Å². The van der Waals surface area contributed by atoms with E-state index in [2.05, 4.69) is 24.5 Å². The van der Waals surface area contributed by atoms with Crippen molar-refractivity contribution >= 4 is 27.6 Å². The van der Waals surface area contributed by atoms with Crippen LogP contribution in [0.1, 0.15) is 38.3 Å². The topological polar surface area (TPSA) is 122 Å². The van der Waals surface area contributed by atoms with E-state index in [-0.39, 0.29) is 17.2 Å². The highest BCUT2D eigenvalue weighted by atomic mass is 32.2. The Bertz CT molecular complexity index is 1030. The SMILES string of the molecule is C[C@@H]1C[C@H](C)CN(S(=O)(=O)c2ccc(NC(=O)C[C@@H](NC(N)=O)c3ccccc3)cc2)C1. The van der Waals surface area contributed by atoms with Gasteiger partial charge in [-0.15, -0.1) is 0 Å².